The average molecular weight is 416 g/mol. The fourth-order valence-corrected chi connectivity index (χ4v) is 3.75. The third-order valence-corrected chi connectivity index (χ3v) is 5.28. The van der Waals surface area contributed by atoms with Crippen molar-refractivity contribution in [2.45, 2.75) is 6.18 Å². The summed E-state index contributed by atoms with van der Waals surface area (Å²) in [5.41, 5.74) is -0.703. The molecule has 0 unspecified atom stereocenters. The van der Waals surface area contributed by atoms with Gasteiger partial charge in [-0.25, -0.2) is 4.68 Å². The maximum absolute atomic E-state index is 13.3. The fourth-order valence-electron chi connectivity index (χ4n) is 3.75. The minimum Gasteiger partial charge on any atom is -0.367 e. The smallest absolute Gasteiger partial charge is 0.367 e. The maximum atomic E-state index is 13.3. The number of carbonyl (C=O) groups is 1. The minimum absolute atomic E-state index is 0.114. The molecule has 0 spiro atoms. The Bertz CT molecular complexity index is 1160. The zero-order chi connectivity index (χ0) is 21.5. The zero-order valence-corrected chi connectivity index (χ0v) is 16.2. The number of nitrogens with zero attached hydrogens (tertiary/aromatic N) is 4. The van der Waals surface area contributed by atoms with E-state index in [1.54, 1.807) is 40.1 Å². The van der Waals surface area contributed by atoms with E-state index in [2.05, 4.69) is 5.10 Å². The first kappa shape index (κ1) is 19.9. The second kappa shape index (κ2) is 7.47. The summed E-state index contributed by atoms with van der Waals surface area (Å²) in [6, 6.07) is 12.2. The Labute approximate surface area is 170 Å². The molecule has 1 aliphatic rings. The van der Waals surface area contributed by atoms with E-state index in [9.17, 15) is 22.8 Å². The Balaban J connectivity index is 1.58. The number of alkyl halides is 3. The molecule has 0 N–H and O–H groups in total. The fraction of sp³-hybridized carbons (Fsp3) is 0.286. The molecule has 1 fully saturated rings. The molecule has 0 radical (unpaired) electrons. The van der Waals surface area contributed by atoms with Gasteiger partial charge >= 0.3 is 6.18 Å². The van der Waals surface area contributed by atoms with Gasteiger partial charge in [-0.3, -0.25) is 9.59 Å². The van der Waals surface area contributed by atoms with Crippen LogP contribution in [0.1, 0.15) is 16.1 Å². The van der Waals surface area contributed by atoms with Crippen LogP contribution in [0.2, 0.25) is 0 Å². The maximum Gasteiger partial charge on any atom is 0.418 e. The quantitative estimate of drug-likeness (QED) is 0.645. The minimum atomic E-state index is -4.44. The molecule has 1 saturated heterocycles. The van der Waals surface area contributed by atoms with Crippen molar-refractivity contribution in [3.05, 3.63) is 70.1 Å². The second-order valence-corrected chi connectivity index (χ2v) is 7.12. The first-order valence-corrected chi connectivity index (χ1v) is 9.44. The highest BCUT2D eigenvalue weighted by Crippen LogP contribution is 2.36. The molecule has 1 aromatic heterocycles. The molecule has 0 aliphatic carbocycles. The van der Waals surface area contributed by atoms with Crippen LogP contribution in [0, 0.1) is 0 Å². The highest BCUT2D eigenvalue weighted by atomic mass is 19.4. The lowest BCUT2D eigenvalue weighted by Crippen LogP contribution is -2.49. The van der Waals surface area contributed by atoms with Gasteiger partial charge in [0.1, 0.15) is 0 Å². The summed E-state index contributed by atoms with van der Waals surface area (Å²) in [4.78, 5) is 28.6. The lowest BCUT2D eigenvalue weighted by molar-refractivity contribution is -0.137. The predicted octanol–water partition coefficient (Wildman–Crippen LogP) is 2.91. The van der Waals surface area contributed by atoms with Gasteiger partial charge in [-0.15, -0.1) is 0 Å². The molecule has 2 heterocycles. The molecule has 30 heavy (non-hydrogen) atoms. The van der Waals surface area contributed by atoms with Gasteiger partial charge in [-0.1, -0.05) is 30.3 Å². The largest absolute Gasteiger partial charge is 0.418 e. The van der Waals surface area contributed by atoms with Crippen molar-refractivity contribution in [1.82, 2.24) is 14.7 Å². The number of hydrogen-bond acceptors (Lipinski definition) is 4. The molecule has 0 bridgehead atoms. The van der Waals surface area contributed by atoms with Crippen molar-refractivity contribution in [2.75, 3.05) is 31.1 Å². The van der Waals surface area contributed by atoms with Gasteiger partial charge in [0.2, 0.25) is 0 Å². The molecule has 2 aromatic carbocycles. The van der Waals surface area contributed by atoms with Crippen LogP contribution in [0.25, 0.3) is 10.8 Å². The molecular weight excluding hydrogens is 397 g/mol. The van der Waals surface area contributed by atoms with E-state index in [1.807, 2.05) is 0 Å². The van der Waals surface area contributed by atoms with E-state index in [-0.39, 0.29) is 49.0 Å². The average Bonchev–Trinajstić information content (AvgIpc) is 2.75. The summed E-state index contributed by atoms with van der Waals surface area (Å²) in [6.07, 6.45) is -4.44. The number of benzene rings is 2. The van der Waals surface area contributed by atoms with E-state index < -0.39 is 11.7 Å². The molecule has 3 aromatic rings. The first-order valence-electron chi connectivity index (χ1n) is 9.44. The van der Waals surface area contributed by atoms with Crippen LogP contribution < -0.4 is 10.5 Å². The molecule has 4 rings (SSSR count). The Kier molecular flexibility index (Phi) is 4.97. The van der Waals surface area contributed by atoms with Crippen molar-refractivity contribution in [1.29, 1.82) is 0 Å². The lowest BCUT2D eigenvalue weighted by Gasteiger charge is -2.37. The monoisotopic (exact) mass is 416 g/mol. The molecular formula is C21H19F3N4O2. The lowest BCUT2D eigenvalue weighted by atomic mass is 10.1. The molecule has 1 aliphatic heterocycles. The Morgan fingerprint density at radius 3 is 2.20 bits per heavy atom. The SMILES string of the molecule is Cn1nc(C(=O)N2CCN(c3ccccc3C(F)(F)F)CC2)c2ccccc2c1=O. The summed E-state index contributed by atoms with van der Waals surface area (Å²) in [5.74, 6) is -0.342. The second-order valence-electron chi connectivity index (χ2n) is 7.12. The van der Waals surface area contributed by atoms with Crippen LogP contribution in [-0.4, -0.2) is 46.8 Å². The third kappa shape index (κ3) is 3.51. The normalized spacial score (nSPS) is 14.9. The number of hydrogen-bond donors (Lipinski definition) is 0. The van der Waals surface area contributed by atoms with Crippen LogP contribution >= 0.6 is 0 Å². The molecule has 0 saturated carbocycles. The number of piperazine rings is 1. The number of halogens is 3. The van der Waals surface area contributed by atoms with Crippen LogP contribution in [0.3, 0.4) is 0 Å². The summed E-state index contributed by atoms with van der Waals surface area (Å²) < 4.78 is 41.1. The number of carbonyl (C=O) groups excluding carboxylic acids is 1. The van der Waals surface area contributed by atoms with Gasteiger partial charge < -0.3 is 9.80 Å². The van der Waals surface area contributed by atoms with Crippen molar-refractivity contribution in [3.63, 3.8) is 0 Å². The number of aromatic nitrogens is 2. The molecule has 9 heteroatoms. The van der Waals surface area contributed by atoms with Gasteiger partial charge in [0, 0.05) is 44.3 Å². The van der Waals surface area contributed by atoms with E-state index in [0.29, 0.717) is 10.8 Å². The molecule has 6 nitrogen and oxygen atoms in total. The summed E-state index contributed by atoms with van der Waals surface area (Å²) >= 11 is 0. The van der Waals surface area contributed by atoms with Crippen molar-refractivity contribution >= 4 is 22.4 Å². The molecule has 1 amide bonds. The highest BCUT2D eigenvalue weighted by Gasteiger charge is 2.35. The van der Waals surface area contributed by atoms with Crippen molar-refractivity contribution in [2.24, 2.45) is 7.05 Å². The number of aryl methyl sites for hydroxylation is 1. The summed E-state index contributed by atoms with van der Waals surface area (Å²) in [6.45, 7) is 1.04. The van der Waals surface area contributed by atoms with Gasteiger partial charge in [-0.2, -0.15) is 18.3 Å². The zero-order valence-electron chi connectivity index (χ0n) is 16.2. The number of rotatable bonds is 2. The summed E-state index contributed by atoms with van der Waals surface area (Å²) in [5, 5.41) is 5.02. The number of anilines is 1. The van der Waals surface area contributed by atoms with Crippen molar-refractivity contribution < 1.29 is 18.0 Å². The number of fused-ring (bicyclic) bond motifs is 1. The Morgan fingerprint density at radius 2 is 1.53 bits per heavy atom. The Morgan fingerprint density at radius 1 is 0.933 bits per heavy atom. The van der Waals surface area contributed by atoms with Gasteiger partial charge in [0.15, 0.2) is 5.69 Å². The van der Waals surface area contributed by atoms with Crippen LogP contribution in [0.4, 0.5) is 18.9 Å². The van der Waals surface area contributed by atoms with Gasteiger partial charge in [0.05, 0.1) is 10.9 Å². The summed E-state index contributed by atoms with van der Waals surface area (Å²) in [7, 11) is 1.48. The number of amides is 1. The van der Waals surface area contributed by atoms with E-state index in [4.69, 9.17) is 0 Å². The first-order chi connectivity index (χ1) is 14.3. The molecule has 156 valence electrons. The molecule has 0 atom stereocenters. The van der Waals surface area contributed by atoms with E-state index in [1.165, 1.54) is 19.2 Å². The highest BCUT2D eigenvalue weighted by molar-refractivity contribution is 6.04. The van der Waals surface area contributed by atoms with Gasteiger partial charge in [0.25, 0.3) is 11.5 Å². The topological polar surface area (TPSA) is 58.4 Å². The van der Waals surface area contributed by atoms with Crippen LogP contribution in [0.15, 0.2) is 53.3 Å². The van der Waals surface area contributed by atoms with Crippen LogP contribution in [-0.2, 0) is 13.2 Å². The van der Waals surface area contributed by atoms with Crippen LogP contribution in [0.5, 0.6) is 0 Å². The standard InChI is InChI=1S/C21H19F3N4O2/c1-26-19(29)15-7-3-2-6-14(15)18(25-26)20(30)28-12-10-27(11-13-28)17-9-5-4-8-16(17)21(22,23)24/h2-9H,10-13H2,1H3. The number of para-hydroxylation sites is 1. The van der Waals surface area contributed by atoms with E-state index in [0.717, 1.165) is 10.7 Å². The van der Waals surface area contributed by atoms with Crippen molar-refractivity contribution in [3.8, 4) is 0 Å². The third-order valence-electron chi connectivity index (χ3n) is 5.28. The predicted molar refractivity (Wildman–Crippen MR) is 107 cm³/mol. The van der Waals surface area contributed by atoms with Gasteiger partial charge in [-0.05, 0) is 18.2 Å². The van der Waals surface area contributed by atoms with E-state index >= 15 is 0 Å². The Hall–Kier alpha value is -3.36.